The van der Waals surface area contributed by atoms with Gasteiger partial charge in [0.2, 0.25) is 0 Å². The summed E-state index contributed by atoms with van der Waals surface area (Å²) >= 11 is 5.94. The fourth-order valence-corrected chi connectivity index (χ4v) is 5.35. The van der Waals surface area contributed by atoms with E-state index in [9.17, 15) is 8.42 Å². The third-order valence-corrected chi connectivity index (χ3v) is 6.89. The molecule has 0 spiro atoms. The zero-order valence-corrected chi connectivity index (χ0v) is 17.2. The second kappa shape index (κ2) is 7.70. The number of benzene rings is 2. The molecule has 1 fully saturated rings. The Morgan fingerprint density at radius 3 is 2.25 bits per heavy atom. The molecular weight excluding hydrogens is 394 g/mol. The molecule has 146 valence electrons. The van der Waals surface area contributed by atoms with Crippen LogP contribution in [0.5, 0.6) is 0 Å². The van der Waals surface area contributed by atoms with Gasteiger partial charge >= 0.3 is 0 Å². The lowest BCUT2D eigenvalue weighted by Gasteiger charge is -2.36. The van der Waals surface area contributed by atoms with Crippen LogP contribution in [0.15, 0.2) is 64.6 Å². The number of piperazine rings is 1. The van der Waals surface area contributed by atoms with Gasteiger partial charge in [0.05, 0.1) is 0 Å². The molecule has 4 rings (SSSR count). The predicted molar refractivity (Wildman–Crippen MR) is 114 cm³/mol. The van der Waals surface area contributed by atoms with Crippen LogP contribution in [0, 0.1) is 0 Å². The summed E-state index contributed by atoms with van der Waals surface area (Å²) in [4.78, 5) is 4.75. The van der Waals surface area contributed by atoms with Gasteiger partial charge in [0.25, 0.3) is 10.0 Å². The SMILES string of the molecule is CC1=C(c2ccc(Cl)cc2)S(=O)(=O)N=C1N1CCN(Cc2ccccc2)CC1. The zero-order chi connectivity index (χ0) is 19.7. The molecule has 0 atom stereocenters. The molecule has 0 aliphatic carbocycles. The van der Waals surface area contributed by atoms with Gasteiger partial charge in [-0.1, -0.05) is 54.1 Å². The van der Waals surface area contributed by atoms with E-state index in [0.29, 0.717) is 22.0 Å². The standard InChI is InChI=1S/C21H22ClN3O2S/c1-16-20(18-7-9-19(22)10-8-18)28(26,27)23-21(16)25-13-11-24(12-14-25)15-17-5-3-2-4-6-17/h2-10H,11-15H2,1H3. The predicted octanol–water partition coefficient (Wildman–Crippen LogP) is 3.63. The van der Waals surface area contributed by atoms with Gasteiger partial charge in [0.15, 0.2) is 0 Å². The molecule has 0 amide bonds. The monoisotopic (exact) mass is 415 g/mol. The fraction of sp³-hybridized carbons (Fsp3) is 0.286. The molecule has 0 radical (unpaired) electrons. The Bertz CT molecular complexity index is 1020. The van der Waals surface area contributed by atoms with Crippen LogP contribution < -0.4 is 0 Å². The van der Waals surface area contributed by atoms with Crippen LogP contribution in [-0.4, -0.2) is 50.2 Å². The summed E-state index contributed by atoms with van der Waals surface area (Å²) < 4.78 is 29.5. The number of halogens is 1. The molecule has 1 saturated heterocycles. The minimum absolute atomic E-state index is 0.283. The van der Waals surface area contributed by atoms with E-state index in [0.717, 1.165) is 32.7 Å². The number of amidine groups is 1. The van der Waals surface area contributed by atoms with Crippen molar-refractivity contribution in [2.75, 3.05) is 26.2 Å². The van der Waals surface area contributed by atoms with Gasteiger partial charge in [0, 0.05) is 43.3 Å². The number of sulfonamides is 1. The summed E-state index contributed by atoms with van der Waals surface area (Å²) in [5, 5.41) is 0.577. The van der Waals surface area contributed by atoms with Crippen molar-refractivity contribution in [1.82, 2.24) is 9.80 Å². The Balaban J connectivity index is 1.50. The molecular formula is C21H22ClN3O2S. The third-order valence-electron chi connectivity index (χ3n) is 5.17. The van der Waals surface area contributed by atoms with Crippen molar-refractivity contribution in [2.24, 2.45) is 4.40 Å². The van der Waals surface area contributed by atoms with Gasteiger partial charge in [-0.3, -0.25) is 4.90 Å². The molecule has 0 unspecified atom stereocenters. The molecule has 2 aromatic rings. The van der Waals surface area contributed by atoms with E-state index in [1.807, 2.05) is 13.0 Å². The molecule has 2 heterocycles. The Morgan fingerprint density at radius 2 is 1.61 bits per heavy atom. The first-order chi connectivity index (χ1) is 13.4. The molecule has 2 aromatic carbocycles. The van der Waals surface area contributed by atoms with Gasteiger partial charge in [-0.25, -0.2) is 0 Å². The number of hydrogen-bond acceptors (Lipinski definition) is 4. The van der Waals surface area contributed by atoms with Crippen LogP contribution in [0.1, 0.15) is 18.1 Å². The third kappa shape index (κ3) is 3.85. The van der Waals surface area contributed by atoms with Crippen molar-refractivity contribution in [3.63, 3.8) is 0 Å². The fourth-order valence-electron chi connectivity index (χ4n) is 3.74. The van der Waals surface area contributed by atoms with Crippen molar-refractivity contribution in [3.8, 4) is 0 Å². The van der Waals surface area contributed by atoms with Crippen LogP contribution in [0.25, 0.3) is 4.91 Å². The molecule has 2 aliphatic heterocycles. The van der Waals surface area contributed by atoms with Gasteiger partial charge < -0.3 is 4.90 Å². The van der Waals surface area contributed by atoms with E-state index >= 15 is 0 Å². The Hall–Kier alpha value is -2.15. The first kappa shape index (κ1) is 19.2. The highest BCUT2D eigenvalue weighted by molar-refractivity contribution is 8.00. The summed E-state index contributed by atoms with van der Waals surface area (Å²) in [5.41, 5.74) is 2.63. The Kier molecular flexibility index (Phi) is 5.27. The summed E-state index contributed by atoms with van der Waals surface area (Å²) in [5.74, 6) is 0.573. The smallest absolute Gasteiger partial charge is 0.285 e. The normalized spacial score (nSPS) is 19.8. The van der Waals surface area contributed by atoms with Gasteiger partial charge in [-0.15, -0.1) is 4.40 Å². The van der Waals surface area contributed by atoms with E-state index in [2.05, 4.69) is 38.5 Å². The van der Waals surface area contributed by atoms with Gasteiger partial charge in [0.1, 0.15) is 10.7 Å². The van der Waals surface area contributed by atoms with Gasteiger partial charge in [-0.05, 0) is 30.2 Å². The molecule has 0 saturated carbocycles. The van der Waals surface area contributed by atoms with Gasteiger partial charge in [-0.2, -0.15) is 8.42 Å². The minimum Gasteiger partial charge on any atom is -0.353 e. The van der Waals surface area contributed by atoms with Crippen molar-refractivity contribution in [1.29, 1.82) is 0 Å². The van der Waals surface area contributed by atoms with Crippen LogP contribution in [0.3, 0.4) is 0 Å². The van der Waals surface area contributed by atoms with Crippen molar-refractivity contribution in [3.05, 3.63) is 76.3 Å². The topological polar surface area (TPSA) is 53.0 Å². The lowest BCUT2D eigenvalue weighted by molar-refractivity contribution is 0.176. The summed E-state index contributed by atoms with van der Waals surface area (Å²) in [6, 6.07) is 17.3. The molecule has 28 heavy (non-hydrogen) atoms. The van der Waals surface area contributed by atoms with Crippen molar-refractivity contribution < 1.29 is 8.42 Å². The highest BCUT2D eigenvalue weighted by Gasteiger charge is 2.34. The van der Waals surface area contributed by atoms with Crippen LogP contribution in [0.4, 0.5) is 0 Å². The summed E-state index contributed by atoms with van der Waals surface area (Å²) in [6.07, 6.45) is 0. The molecule has 0 N–H and O–H groups in total. The quantitative estimate of drug-likeness (QED) is 0.768. The Labute approximate surface area is 171 Å². The lowest BCUT2D eigenvalue weighted by Crippen LogP contribution is -2.48. The number of nitrogens with zero attached hydrogens (tertiary/aromatic N) is 3. The maximum absolute atomic E-state index is 12.7. The molecule has 5 nitrogen and oxygen atoms in total. The average molecular weight is 416 g/mol. The average Bonchev–Trinajstić information content (AvgIpc) is 2.93. The Morgan fingerprint density at radius 1 is 0.964 bits per heavy atom. The largest absolute Gasteiger partial charge is 0.353 e. The summed E-state index contributed by atoms with van der Waals surface area (Å²) in [7, 11) is -3.69. The molecule has 7 heteroatoms. The van der Waals surface area contributed by atoms with Crippen molar-refractivity contribution in [2.45, 2.75) is 13.5 Å². The van der Waals surface area contributed by atoms with E-state index in [1.165, 1.54) is 5.56 Å². The lowest BCUT2D eigenvalue weighted by atomic mass is 10.1. The van der Waals surface area contributed by atoms with Crippen LogP contribution >= 0.6 is 11.6 Å². The first-order valence-electron chi connectivity index (χ1n) is 9.27. The number of hydrogen-bond donors (Lipinski definition) is 0. The van der Waals surface area contributed by atoms with E-state index in [-0.39, 0.29) is 4.91 Å². The van der Waals surface area contributed by atoms with E-state index < -0.39 is 10.0 Å². The van der Waals surface area contributed by atoms with E-state index in [4.69, 9.17) is 11.6 Å². The van der Waals surface area contributed by atoms with Crippen LogP contribution in [-0.2, 0) is 16.6 Å². The number of rotatable bonds is 3. The maximum Gasteiger partial charge on any atom is 0.285 e. The van der Waals surface area contributed by atoms with E-state index in [1.54, 1.807) is 24.3 Å². The minimum atomic E-state index is -3.69. The second-order valence-corrected chi connectivity index (χ2v) is 9.08. The summed E-state index contributed by atoms with van der Waals surface area (Å²) in [6.45, 7) is 6.00. The maximum atomic E-state index is 12.7. The van der Waals surface area contributed by atoms with Crippen LogP contribution in [0.2, 0.25) is 5.02 Å². The second-order valence-electron chi connectivity index (χ2n) is 7.10. The first-order valence-corrected chi connectivity index (χ1v) is 11.1. The highest BCUT2D eigenvalue weighted by Crippen LogP contribution is 2.34. The highest BCUT2D eigenvalue weighted by atomic mass is 35.5. The van der Waals surface area contributed by atoms with Crippen molar-refractivity contribution >= 4 is 32.4 Å². The zero-order valence-electron chi connectivity index (χ0n) is 15.7. The molecule has 2 aliphatic rings. The molecule has 0 bridgehead atoms. The molecule has 0 aromatic heterocycles.